The molecule has 9 nitrogen and oxygen atoms in total. The van der Waals surface area contributed by atoms with Crippen LogP contribution in [-0.4, -0.2) is 48.7 Å². The quantitative estimate of drug-likeness (QED) is 0.517. The summed E-state index contributed by atoms with van der Waals surface area (Å²) in [5.41, 5.74) is 2.69. The van der Waals surface area contributed by atoms with E-state index in [1.807, 2.05) is 12.1 Å². The Labute approximate surface area is 165 Å². The predicted octanol–water partition coefficient (Wildman–Crippen LogP) is 1.61. The van der Waals surface area contributed by atoms with E-state index in [0.717, 1.165) is 10.8 Å². The van der Waals surface area contributed by atoms with Gasteiger partial charge in [0.2, 0.25) is 0 Å². The number of nitrogens with zero attached hydrogens (tertiary/aromatic N) is 6. The number of hydrogen-bond donors (Lipinski definition) is 1. The zero-order valence-electron chi connectivity index (χ0n) is 15.8. The molecule has 4 aromatic heterocycles. The average Bonchev–Trinajstić information content (AvgIpc) is 3.19. The van der Waals surface area contributed by atoms with Crippen LogP contribution in [0.15, 0.2) is 49.1 Å². The first kappa shape index (κ1) is 18.4. The van der Waals surface area contributed by atoms with Crippen molar-refractivity contribution in [3.63, 3.8) is 0 Å². The van der Waals surface area contributed by atoms with E-state index in [0.29, 0.717) is 22.6 Å². The molecule has 4 heterocycles. The fraction of sp³-hybridized carbons (Fsp3) is 0.150. The van der Waals surface area contributed by atoms with Crippen molar-refractivity contribution >= 4 is 22.5 Å². The van der Waals surface area contributed by atoms with Crippen LogP contribution >= 0.6 is 0 Å². The predicted molar refractivity (Wildman–Crippen MR) is 105 cm³/mol. The van der Waals surface area contributed by atoms with Crippen LogP contribution < -0.4 is 5.32 Å². The van der Waals surface area contributed by atoms with Gasteiger partial charge in [0, 0.05) is 49.3 Å². The first-order valence-electron chi connectivity index (χ1n) is 8.86. The summed E-state index contributed by atoms with van der Waals surface area (Å²) >= 11 is 0. The number of hydrogen-bond acceptors (Lipinski definition) is 7. The number of rotatable bonds is 5. The van der Waals surface area contributed by atoms with E-state index in [1.165, 1.54) is 19.3 Å². The van der Waals surface area contributed by atoms with Gasteiger partial charge < -0.3 is 5.32 Å². The monoisotopic (exact) mass is 387 g/mol. The molecule has 0 saturated carbocycles. The maximum absolute atomic E-state index is 12.6. The molecule has 4 aromatic rings. The minimum Gasteiger partial charge on any atom is -0.354 e. The minimum absolute atomic E-state index is 0.125. The fourth-order valence-electron chi connectivity index (χ4n) is 2.87. The van der Waals surface area contributed by atoms with E-state index < -0.39 is 0 Å². The molecule has 0 aliphatic carbocycles. The van der Waals surface area contributed by atoms with Gasteiger partial charge in [-0.3, -0.25) is 29.2 Å². The lowest BCUT2D eigenvalue weighted by molar-refractivity contribution is 0.0953. The van der Waals surface area contributed by atoms with Crippen LogP contribution in [0.4, 0.5) is 0 Å². The van der Waals surface area contributed by atoms with Crippen molar-refractivity contribution in [3.05, 3.63) is 66.0 Å². The first-order valence-corrected chi connectivity index (χ1v) is 8.86. The second kappa shape index (κ2) is 7.55. The highest BCUT2D eigenvalue weighted by Crippen LogP contribution is 2.20. The van der Waals surface area contributed by atoms with E-state index in [4.69, 9.17) is 0 Å². The van der Waals surface area contributed by atoms with Crippen LogP contribution in [0.25, 0.3) is 22.2 Å². The van der Waals surface area contributed by atoms with Crippen molar-refractivity contribution < 1.29 is 9.59 Å². The highest BCUT2D eigenvalue weighted by Gasteiger charge is 2.12. The van der Waals surface area contributed by atoms with Gasteiger partial charge >= 0.3 is 0 Å². The zero-order chi connectivity index (χ0) is 20.4. The molecule has 0 bridgehead atoms. The Hall–Kier alpha value is -4.01. The molecule has 1 amide bonds. The number of ketones is 1. The van der Waals surface area contributed by atoms with Gasteiger partial charge in [0.25, 0.3) is 5.91 Å². The number of aromatic nitrogens is 6. The summed E-state index contributed by atoms with van der Waals surface area (Å²) in [5.74, 6) is -0.427. The molecule has 29 heavy (non-hydrogen) atoms. The van der Waals surface area contributed by atoms with Gasteiger partial charge in [-0.1, -0.05) is 5.21 Å². The maximum Gasteiger partial charge on any atom is 0.269 e. The summed E-state index contributed by atoms with van der Waals surface area (Å²) in [4.78, 5) is 36.9. The average molecular weight is 387 g/mol. The van der Waals surface area contributed by atoms with Gasteiger partial charge in [-0.05, 0) is 29.7 Å². The molecule has 0 radical (unpaired) electrons. The van der Waals surface area contributed by atoms with Crippen molar-refractivity contribution in [2.45, 2.75) is 6.42 Å². The molecular formula is C20H17N7O2. The molecule has 0 unspecified atom stereocenters. The Balaban J connectivity index is 1.57. The molecule has 1 N–H and O–H groups in total. The highest BCUT2D eigenvalue weighted by molar-refractivity contribution is 5.98. The Morgan fingerprint density at radius 3 is 2.52 bits per heavy atom. The number of aryl methyl sites for hydroxylation is 1. The molecule has 0 aromatic carbocycles. The van der Waals surface area contributed by atoms with E-state index in [-0.39, 0.29) is 23.8 Å². The van der Waals surface area contributed by atoms with Crippen LogP contribution in [-0.2, 0) is 13.5 Å². The summed E-state index contributed by atoms with van der Waals surface area (Å²) in [5, 5.41) is 12.3. The fourth-order valence-corrected chi connectivity index (χ4v) is 2.87. The summed E-state index contributed by atoms with van der Waals surface area (Å²) in [7, 11) is 3.32. The van der Waals surface area contributed by atoms with E-state index in [9.17, 15) is 9.59 Å². The first-order chi connectivity index (χ1) is 14.0. The molecule has 0 spiro atoms. The van der Waals surface area contributed by atoms with Gasteiger partial charge in [0.1, 0.15) is 11.4 Å². The van der Waals surface area contributed by atoms with Gasteiger partial charge in [0.05, 0.1) is 18.3 Å². The summed E-state index contributed by atoms with van der Waals surface area (Å²) in [6.07, 6.45) is 6.73. The number of carbonyl (C=O) groups excluding carboxylic acids is 2. The Morgan fingerprint density at radius 1 is 1.00 bits per heavy atom. The molecule has 0 fully saturated rings. The largest absolute Gasteiger partial charge is 0.354 e. The number of amides is 1. The SMILES string of the molecule is CNC(=O)c1ccc(C(=O)Cc2cc3cc(-c4cn(C)nn4)ncc3cn2)cn1. The number of Topliss-reactive ketones (excluding diaryl/α,β-unsaturated/α-hetero) is 1. The number of pyridine rings is 3. The molecule has 4 rings (SSSR count). The van der Waals surface area contributed by atoms with Gasteiger partial charge in [-0.2, -0.15) is 0 Å². The molecule has 144 valence electrons. The van der Waals surface area contributed by atoms with Gasteiger partial charge in [-0.15, -0.1) is 5.10 Å². The highest BCUT2D eigenvalue weighted by atomic mass is 16.1. The molecule has 9 heteroatoms. The minimum atomic E-state index is -0.298. The molecule has 0 saturated heterocycles. The third-order valence-electron chi connectivity index (χ3n) is 4.41. The van der Waals surface area contributed by atoms with Crippen LogP contribution in [0.3, 0.4) is 0 Å². The van der Waals surface area contributed by atoms with Crippen molar-refractivity contribution in [2.24, 2.45) is 7.05 Å². The van der Waals surface area contributed by atoms with Crippen LogP contribution in [0, 0.1) is 0 Å². The number of carbonyl (C=O) groups is 2. The summed E-state index contributed by atoms with van der Waals surface area (Å²) in [6, 6.07) is 6.88. The number of fused-ring (bicyclic) bond motifs is 1. The van der Waals surface area contributed by atoms with Crippen LogP contribution in [0.1, 0.15) is 26.5 Å². The van der Waals surface area contributed by atoms with Gasteiger partial charge in [0.15, 0.2) is 5.78 Å². The van der Waals surface area contributed by atoms with Crippen molar-refractivity contribution in [2.75, 3.05) is 7.05 Å². The third-order valence-corrected chi connectivity index (χ3v) is 4.41. The Bertz CT molecular complexity index is 1220. The van der Waals surface area contributed by atoms with E-state index in [1.54, 1.807) is 36.4 Å². The number of nitrogens with one attached hydrogen (secondary N) is 1. The van der Waals surface area contributed by atoms with E-state index in [2.05, 4.69) is 30.6 Å². The van der Waals surface area contributed by atoms with Crippen LogP contribution in [0.2, 0.25) is 0 Å². The standard InChI is InChI=1S/C20H17N7O2/c1-21-20(29)16-4-3-12(8-23-16)19(28)7-15-5-13-6-17(18-11-27(2)26-25-18)24-10-14(13)9-22-15/h3-6,8-11H,7H2,1-2H3,(H,21,29). The van der Waals surface area contributed by atoms with E-state index >= 15 is 0 Å². The lowest BCUT2D eigenvalue weighted by Gasteiger charge is -2.05. The molecule has 0 atom stereocenters. The molecule has 0 aliphatic rings. The second-order valence-electron chi connectivity index (χ2n) is 6.48. The second-order valence-corrected chi connectivity index (χ2v) is 6.48. The summed E-state index contributed by atoms with van der Waals surface area (Å²) < 4.78 is 1.61. The Morgan fingerprint density at radius 2 is 1.83 bits per heavy atom. The maximum atomic E-state index is 12.6. The smallest absolute Gasteiger partial charge is 0.269 e. The lowest BCUT2D eigenvalue weighted by atomic mass is 10.1. The Kier molecular flexibility index (Phi) is 4.78. The van der Waals surface area contributed by atoms with Crippen molar-refractivity contribution in [3.8, 4) is 11.4 Å². The molecular weight excluding hydrogens is 370 g/mol. The van der Waals surface area contributed by atoms with Crippen molar-refractivity contribution in [1.82, 2.24) is 35.3 Å². The third kappa shape index (κ3) is 3.84. The van der Waals surface area contributed by atoms with Crippen molar-refractivity contribution in [1.29, 1.82) is 0 Å². The van der Waals surface area contributed by atoms with Crippen LogP contribution in [0.5, 0.6) is 0 Å². The topological polar surface area (TPSA) is 116 Å². The summed E-state index contributed by atoms with van der Waals surface area (Å²) in [6.45, 7) is 0. The van der Waals surface area contributed by atoms with Gasteiger partial charge in [-0.25, -0.2) is 0 Å². The normalized spacial score (nSPS) is 10.8. The lowest BCUT2D eigenvalue weighted by Crippen LogP contribution is -2.19. The zero-order valence-corrected chi connectivity index (χ0v) is 15.8. The molecule has 0 aliphatic heterocycles.